The van der Waals surface area contributed by atoms with Crippen molar-refractivity contribution in [2.75, 3.05) is 4.72 Å². The van der Waals surface area contributed by atoms with Crippen LogP contribution < -0.4 is 4.72 Å². The molecule has 1 atom stereocenters. The maximum absolute atomic E-state index is 12.9. The Morgan fingerprint density at radius 1 is 1.03 bits per heavy atom. The van der Waals surface area contributed by atoms with Gasteiger partial charge in [0.05, 0.1) is 15.9 Å². The molecular formula is C21H15N5O2S2. The topological polar surface area (TPSA) is 99.8 Å². The van der Waals surface area contributed by atoms with Crippen molar-refractivity contribution in [2.24, 2.45) is 0 Å². The molecule has 0 saturated heterocycles. The molecule has 0 aliphatic heterocycles. The molecule has 0 aliphatic carbocycles. The van der Waals surface area contributed by atoms with Crippen molar-refractivity contribution in [1.29, 1.82) is 0 Å². The van der Waals surface area contributed by atoms with Crippen LogP contribution in [-0.4, -0.2) is 24.7 Å². The monoisotopic (exact) mass is 433 g/mol. The highest BCUT2D eigenvalue weighted by atomic mass is 32.2. The van der Waals surface area contributed by atoms with Gasteiger partial charge in [0.25, 0.3) is 0 Å². The number of aromatic nitrogens is 4. The molecule has 0 amide bonds. The van der Waals surface area contributed by atoms with Crippen molar-refractivity contribution in [2.45, 2.75) is 11.8 Å². The van der Waals surface area contributed by atoms with Gasteiger partial charge in [-0.1, -0.05) is 18.2 Å². The van der Waals surface area contributed by atoms with Gasteiger partial charge < -0.3 is 8.97 Å². The molecule has 0 saturated carbocycles. The first-order chi connectivity index (χ1) is 14.7. The second-order valence-corrected chi connectivity index (χ2v) is 8.71. The minimum Gasteiger partial charge on any atom is -0.588 e. The zero-order chi connectivity index (χ0) is 20.5. The third-order valence-electron chi connectivity index (χ3n) is 4.33. The minimum absolute atomic E-state index is 0.402. The lowest BCUT2D eigenvalue weighted by molar-refractivity contribution is 0.532. The summed E-state index contributed by atoms with van der Waals surface area (Å²) < 4.78 is 22.5. The van der Waals surface area contributed by atoms with Crippen molar-refractivity contribution < 1.29 is 8.97 Å². The average molecular weight is 434 g/mol. The number of rotatable bonds is 5. The van der Waals surface area contributed by atoms with Gasteiger partial charge in [0.2, 0.25) is 11.8 Å². The molecule has 3 heterocycles. The van der Waals surface area contributed by atoms with E-state index >= 15 is 0 Å². The quantitative estimate of drug-likeness (QED) is 0.395. The Morgan fingerprint density at radius 2 is 1.90 bits per heavy atom. The molecule has 0 bridgehead atoms. The van der Waals surface area contributed by atoms with Crippen molar-refractivity contribution in [1.82, 2.24) is 20.2 Å². The summed E-state index contributed by atoms with van der Waals surface area (Å²) in [5.41, 5.74) is 3.33. The molecule has 9 heteroatoms. The lowest BCUT2D eigenvalue weighted by atomic mass is 10.2. The summed E-state index contributed by atoms with van der Waals surface area (Å²) >= 11 is 0.117. The number of nitrogens with zero attached hydrogens (tertiary/aromatic N) is 4. The molecule has 1 N–H and O–H groups in total. The number of pyridine rings is 1. The molecule has 7 nitrogen and oxygen atoms in total. The highest BCUT2D eigenvalue weighted by Crippen LogP contribution is 2.31. The molecule has 5 rings (SSSR count). The van der Waals surface area contributed by atoms with Crippen LogP contribution in [0, 0.1) is 6.92 Å². The number of hydrogen-bond acceptors (Lipinski definition) is 8. The van der Waals surface area contributed by atoms with E-state index in [0.29, 0.717) is 16.7 Å². The molecule has 2 aromatic carbocycles. The van der Waals surface area contributed by atoms with E-state index in [9.17, 15) is 4.55 Å². The normalized spacial score (nSPS) is 12.2. The standard InChI is InChI=1S/C21H15N5O2S2/c1-13-24-25-20(28-13)14-4-3-7-17(11-14)30(27)26-16-6-2-5-15(10-16)21-23-18-8-9-22-12-19(18)29-21/h2-12,26H,1H3. The highest BCUT2D eigenvalue weighted by molar-refractivity contribution is 7.92. The predicted molar refractivity (Wildman–Crippen MR) is 117 cm³/mol. The Morgan fingerprint density at radius 3 is 2.73 bits per heavy atom. The molecule has 0 fully saturated rings. The second-order valence-electron chi connectivity index (χ2n) is 6.47. The van der Waals surface area contributed by atoms with Crippen LogP contribution in [0.3, 0.4) is 0 Å². The van der Waals surface area contributed by atoms with Crippen LogP contribution in [0.4, 0.5) is 5.69 Å². The fourth-order valence-corrected chi connectivity index (χ4v) is 4.77. The summed E-state index contributed by atoms with van der Waals surface area (Å²) in [6.07, 6.45) is 3.54. The van der Waals surface area contributed by atoms with Crippen LogP contribution in [-0.2, 0) is 11.4 Å². The number of benzene rings is 2. The Bertz CT molecular complexity index is 1300. The van der Waals surface area contributed by atoms with Crippen LogP contribution >= 0.6 is 11.3 Å². The Balaban J connectivity index is 1.39. The molecule has 1 unspecified atom stereocenters. The van der Waals surface area contributed by atoms with Crippen LogP contribution in [0.1, 0.15) is 5.89 Å². The van der Waals surface area contributed by atoms with Gasteiger partial charge in [-0.05, 0) is 30.3 Å². The van der Waals surface area contributed by atoms with Crippen LogP contribution in [0.5, 0.6) is 0 Å². The van der Waals surface area contributed by atoms with E-state index in [1.54, 1.807) is 36.6 Å². The van der Waals surface area contributed by atoms with E-state index in [1.807, 2.05) is 48.7 Å². The summed E-state index contributed by atoms with van der Waals surface area (Å²) in [5.74, 6) is 0.885. The van der Waals surface area contributed by atoms with E-state index < -0.39 is 11.4 Å². The molecule has 0 radical (unpaired) electrons. The van der Waals surface area contributed by atoms with Crippen molar-refractivity contribution in [3.8, 4) is 22.0 Å². The van der Waals surface area contributed by atoms with Crippen molar-refractivity contribution in [3.05, 3.63) is 72.9 Å². The number of aryl methyl sites for hydroxylation is 1. The summed E-state index contributed by atoms with van der Waals surface area (Å²) in [6, 6.07) is 16.8. The molecule has 0 aliphatic rings. The van der Waals surface area contributed by atoms with Crippen molar-refractivity contribution >= 4 is 38.6 Å². The predicted octanol–water partition coefficient (Wildman–Crippen LogP) is 4.85. The first-order valence-corrected chi connectivity index (χ1v) is 11.0. The van der Waals surface area contributed by atoms with Gasteiger partial charge in [0.1, 0.15) is 16.4 Å². The Labute approximate surface area is 179 Å². The second kappa shape index (κ2) is 7.86. The maximum atomic E-state index is 12.9. The first-order valence-electron chi connectivity index (χ1n) is 9.06. The molecule has 30 heavy (non-hydrogen) atoms. The largest absolute Gasteiger partial charge is 0.588 e. The average Bonchev–Trinajstić information content (AvgIpc) is 3.40. The van der Waals surface area contributed by atoms with E-state index in [0.717, 1.165) is 32.0 Å². The van der Waals surface area contributed by atoms with Crippen LogP contribution in [0.2, 0.25) is 0 Å². The fourth-order valence-electron chi connectivity index (χ4n) is 2.94. The third-order valence-corrected chi connectivity index (χ3v) is 6.49. The van der Waals surface area contributed by atoms with Crippen LogP contribution in [0.25, 0.3) is 32.2 Å². The Kier molecular flexibility index (Phi) is 4.91. The smallest absolute Gasteiger partial charge is 0.247 e. The van der Waals surface area contributed by atoms with Gasteiger partial charge in [-0.2, -0.15) is 0 Å². The van der Waals surface area contributed by atoms with Gasteiger partial charge in [0.15, 0.2) is 4.90 Å². The lowest BCUT2D eigenvalue weighted by Crippen LogP contribution is -2.13. The minimum atomic E-state index is -1.46. The zero-order valence-electron chi connectivity index (χ0n) is 15.8. The molecular weight excluding hydrogens is 418 g/mol. The number of hydrogen-bond donors (Lipinski definition) is 1. The van der Waals surface area contributed by atoms with Gasteiger partial charge in [0, 0.05) is 36.5 Å². The summed E-state index contributed by atoms with van der Waals surface area (Å²) in [7, 11) is 0. The van der Waals surface area contributed by atoms with E-state index in [1.165, 1.54) is 0 Å². The SMILES string of the molecule is Cc1nnc(-c2cccc([S+]([O-])Nc3cccc(-c4nc5ccncc5s4)c3)c2)o1. The summed E-state index contributed by atoms with van der Waals surface area (Å²) in [6.45, 7) is 1.73. The number of fused-ring (bicyclic) bond motifs is 1. The summed E-state index contributed by atoms with van der Waals surface area (Å²) in [5, 5.41) is 8.75. The van der Waals surface area contributed by atoms with Gasteiger partial charge in [-0.15, -0.1) is 21.5 Å². The lowest BCUT2D eigenvalue weighted by Gasteiger charge is -2.12. The van der Waals surface area contributed by atoms with Gasteiger partial charge in [-0.3, -0.25) is 4.98 Å². The van der Waals surface area contributed by atoms with Crippen molar-refractivity contribution in [3.63, 3.8) is 0 Å². The third kappa shape index (κ3) is 3.78. The zero-order valence-corrected chi connectivity index (χ0v) is 17.4. The number of thiazole rings is 1. The van der Waals surface area contributed by atoms with Gasteiger partial charge in [-0.25, -0.2) is 9.71 Å². The van der Waals surface area contributed by atoms with E-state index in [-0.39, 0.29) is 0 Å². The highest BCUT2D eigenvalue weighted by Gasteiger charge is 2.16. The number of anilines is 1. The van der Waals surface area contributed by atoms with E-state index in [4.69, 9.17) is 4.42 Å². The van der Waals surface area contributed by atoms with Crippen LogP contribution in [0.15, 0.2) is 76.3 Å². The Hall–Kier alpha value is -3.27. The number of nitrogens with one attached hydrogen (secondary N) is 1. The van der Waals surface area contributed by atoms with E-state index in [2.05, 4.69) is 24.9 Å². The molecule has 3 aromatic heterocycles. The first kappa shape index (κ1) is 18.7. The summed E-state index contributed by atoms with van der Waals surface area (Å²) in [4.78, 5) is 9.41. The molecule has 0 spiro atoms. The molecule has 148 valence electrons. The fraction of sp³-hybridized carbons (Fsp3) is 0.0476. The molecule has 5 aromatic rings. The van der Waals surface area contributed by atoms with Gasteiger partial charge >= 0.3 is 0 Å². The maximum Gasteiger partial charge on any atom is 0.247 e.